The van der Waals surface area contributed by atoms with Crippen LogP contribution in [-0.4, -0.2) is 18.2 Å². The van der Waals surface area contributed by atoms with E-state index >= 15 is 0 Å². The zero-order valence-corrected chi connectivity index (χ0v) is 12.6. The van der Waals surface area contributed by atoms with E-state index in [-0.39, 0.29) is 6.61 Å². The van der Waals surface area contributed by atoms with Gasteiger partial charge in [-0.1, -0.05) is 30.3 Å². The minimum Gasteiger partial charge on any atom is -0.497 e. The third-order valence-electron chi connectivity index (χ3n) is 3.30. The molecule has 1 heterocycles. The first-order valence-electron chi connectivity index (χ1n) is 7.07. The number of hydrogen-bond donors (Lipinski definition) is 0. The third kappa shape index (κ3) is 3.58. The van der Waals surface area contributed by atoms with Crippen LogP contribution in [-0.2, 0) is 11.3 Å². The van der Waals surface area contributed by atoms with E-state index < -0.39 is 6.16 Å². The van der Waals surface area contributed by atoms with Gasteiger partial charge in [-0.3, -0.25) is 4.98 Å². The summed E-state index contributed by atoms with van der Waals surface area (Å²) in [5.41, 5.74) is 1.47. The normalized spacial score (nSPS) is 10.3. The predicted molar refractivity (Wildman–Crippen MR) is 85.6 cm³/mol. The predicted octanol–water partition coefficient (Wildman–Crippen LogP) is 3.96. The molecule has 0 N–H and O–H groups in total. The van der Waals surface area contributed by atoms with Crippen LogP contribution in [0.1, 0.15) is 5.56 Å². The van der Waals surface area contributed by atoms with Crippen molar-refractivity contribution in [2.75, 3.05) is 7.11 Å². The summed E-state index contributed by atoms with van der Waals surface area (Å²) < 4.78 is 15.4. The first-order valence-corrected chi connectivity index (χ1v) is 7.07. The third-order valence-corrected chi connectivity index (χ3v) is 3.30. The molecule has 0 aliphatic heterocycles. The summed E-state index contributed by atoms with van der Waals surface area (Å²) in [6.07, 6.45) is 0.886. The molecule has 0 unspecified atom stereocenters. The average molecular weight is 309 g/mol. The number of carbonyl (C=O) groups excluding carboxylic acids is 1. The smallest absolute Gasteiger partial charge is 0.497 e. The number of aromatic nitrogens is 1. The number of methoxy groups -OCH3 is 1. The number of para-hydroxylation sites is 1. The summed E-state index contributed by atoms with van der Waals surface area (Å²) >= 11 is 0. The van der Waals surface area contributed by atoms with Crippen molar-refractivity contribution in [1.82, 2.24) is 4.98 Å². The van der Waals surface area contributed by atoms with Gasteiger partial charge in [0.1, 0.15) is 17.9 Å². The van der Waals surface area contributed by atoms with Crippen LogP contribution in [0.5, 0.6) is 11.5 Å². The Labute approximate surface area is 133 Å². The minimum absolute atomic E-state index is 0.126. The molecule has 0 amide bonds. The molecule has 1 aromatic heterocycles. The van der Waals surface area contributed by atoms with E-state index in [0.29, 0.717) is 11.3 Å². The number of nitrogens with zero attached hydrogens (tertiary/aromatic N) is 1. The maximum absolute atomic E-state index is 11.9. The molecule has 5 heteroatoms. The highest BCUT2D eigenvalue weighted by molar-refractivity contribution is 5.85. The van der Waals surface area contributed by atoms with Crippen LogP contribution in [0.15, 0.2) is 60.8 Å². The summed E-state index contributed by atoms with van der Waals surface area (Å²) in [5, 5.41) is 0.896. The number of rotatable bonds is 4. The first-order chi connectivity index (χ1) is 11.3. The highest BCUT2D eigenvalue weighted by atomic mass is 16.7. The summed E-state index contributed by atoms with van der Waals surface area (Å²) in [5.74, 6) is 1.13. The first kappa shape index (κ1) is 14.8. The van der Waals surface area contributed by atoms with E-state index in [1.54, 1.807) is 37.6 Å². The zero-order valence-electron chi connectivity index (χ0n) is 12.6. The van der Waals surface area contributed by atoms with Gasteiger partial charge in [0.2, 0.25) is 0 Å². The average Bonchev–Trinajstić information content (AvgIpc) is 2.61. The van der Waals surface area contributed by atoms with Gasteiger partial charge in [-0.05, 0) is 29.8 Å². The standard InChI is InChI=1S/C18H15NO4/c1-21-15-9-7-13(8-10-15)12-22-18(20)23-16-6-2-4-14-5-3-11-19-17(14)16/h2-11H,12H2,1H3. The number of benzene rings is 2. The highest BCUT2D eigenvalue weighted by Gasteiger charge is 2.10. The Bertz CT molecular complexity index is 809. The van der Waals surface area contributed by atoms with Crippen LogP contribution in [0.4, 0.5) is 4.79 Å². The van der Waals surface area contributed by atoms with Crippen molar-refractivity contribution in [1.29, 1.82) is 0 Å². The van der Waals surface area contributed by atoms with Crippen molar-refractivity contribution < 1.29 is 19.0 Å². The van der Waals surface area contributed by atoms with Crippen LogP contribution in [0.2, 0.25) is 0 Å². The topological polar surface area (TPSA) is 57.7 Å². The summed E-state index contributed by atoms with van der Waals surface area (Å²) in [6, 6.07) is 16.4. The molecule has 0 atom stereocenters. The summed E-state index contributed by atoms with van der Waals surface area (Å²) in [7, 11) is 1.60. The van der Waals surface area contributed by atoms with Crippen molar-refractivity contribution >= 4 is 17.1 Å². The van der Waals surface area contributed by atoms with Gasteiger partial charge in [0.05, 0.1) is 7.11 Å². The van der Waals surface area contributed by atoms with Crippen molar-refractivity contribution in [3.63, 3.8) is 0 Å². The second kappa shape index (κ2) is 6.79. The Balaban J connectivity index is 1.64. The molecule has 0 bridgehead atoms. The molecule has 23 heavy (non-hydrogen) atoms. The molecular weight excluding hydrogens is 294 g/mol. The lowest BCUT2D eigenvalue weighted by atomic mass is 10.2. The van der Waals surface area contributed by atoms with Crippen molar-refractivity contribution in [3.8, 4) is 11.5 Å². The molecular formula is C18H15NO4. The Morgan fingerprint density at radius 3 is 2.61 bits per heavy atom. The van der Waals surface area contributed by atoms with Crippen LogP contribution in [0.25, 0.3) is 10.9 Å². The maximum Gasteiger partial charge on any atom is 0.514 e. The second-order valence-corrected chi connectivity index (χ2v) is 4.82. The number of pyridine rings is 1. The highest BCUT2D eigenvalue weighted by Crippen LogP contribution is 2.23. The summed E-state index contributed by atoms with van der Waals surface area (Å²) in [6.45, 7) is 0.126. The Hall–Kier alpha value is -3.08. The van der Waals surface area contributed by atoms with Crippen molar-refractivity contribution in [3.05, 3.63) is 66.4 Å². The molecule has 3 aromatic rings. The van der Waals surface area contributed by atoms with E-state index in [1.807, 2.05) is 30.3 Å². The van der Waals surface area contributed by atoms with Gasteiger partial charge in [-0.2, -0.15) is 0 Å². The molecule has 0 saturated heterocycles. The summed E-state index contributed by atoms with van der Waals surface area (Å²) in [4.78, 5) is 16.1. The molecule has 0 aliphatic carbocycles. The fraction of sp³-hybridized carbons (Fsp3) is 0.111. The van der Waals surface area contributed by atoms with Crippen LogP contribution >= 0.6 is 0 Å². The van der Waals surface area contributed by atoms with Crippen molar-refractivity contribution in [2.24, 2.45) is 0 Å². The molecule has 0 aliphatic rings. The van der Waals surface area contributed by atoms with E-state index in [1.165, 1.54) is 0 Å². The lowest BCUT2D eigenvalue weighted by molar-refractivity contribution is 0.0932. The van der Waals surface area contributed by atoms with E-state index in [0.717, 1.165) is 16.7 Å². The maximum atomic E-state index is 11.9. The van der Waals surface area contributed by atoms with Crippen LogP contribution in [0.3, 0.4) is 0 Å². The van der Waals surface area contributed by atoms with Gasteiger partial charge < -0.3 is 14.2 Å². The van der Waals surface area contributed by atoms with Gasteiger partial charge in [0.25, 0.3) is 0 Å². The molecule has 3 rings (SSSR count). The molecule has 116 valence electrons. The van der Waals surface area contributed by atoms with E-state index in [4.69, 9.17) is 14.2 Å². The SMILES string of the molecule is COc1ccc(COC(=O)Oc2cccc3cccnc23)cc1. The lowest BCUT2D eigenvalue weighted by Crippen LogP contribution is -2.10. The molecule has 0 spiro atoms. The molecule has 0 saturated carbocycles. The van der Waals surface area contributed by atoms with Gasteiger partial charge in [-0.15, -0.1) is 0 Å². The number of ether oxygens (including phenoxy) is 3. The molecule has 2 aromatic carbocycles. The molecule has 0 fully saturated rings. The molecule has 5 nitrogen and oxygen atoms in total. The van der Waals surface area contributed by atoms with Gasteiger partial charge in [0, 0.05) is 11.6 Å². The quantitative estimate of drug-likeness (QED) is 0.539. The van der Waals surface area contributed by atoms with Gasteiger partial charge in [-0.25, -0.2) is 4.79 Å². The number of hydrogen-bond acceptors (Lipinski definition) is 5. The van der Waals surface area contributed by atoms with E-state index in [9.17, 15) is 4.79 Å². The van der Waals surface area contributed by atoms with Gasteiger partial charge >= 0.3 is 6.16 Å². The minimum atomic E-state index is -0.765. The Kier molecular flexibility index (Phi) is 4.38. The Morgan fingerprint density at radius 1 is 1.04 bits per heavy atom. The number of carbonyl (C=O) groups is 1. The number of fused-ring (bicyclic) bond motifs is 1. The van der Waals surface area contributed by atoms with Crippen LogP contribution in [0, 0.1) is 0 Å². The van der Waals surface area contributed by atoms with Gasteiger partial charge in [0.15, 0.2) is 5.75 Å². The van der Waals surface area contributed by atoms with E-state index in [2.05, 4.69) is 4.98 Å². The Morgan fingerprint density at radius 2 is 1.83 bits per heavy atom. The monoisotopic (exact) mass is 309 g/mol. The lowest BCUT2D eigenvalue weighted by Gasteiger charge is -2.08. The largest absolute Gasteiger partial charge is 0.514 e. The molecule has 0 radical (unpaired) electrons. The van der Waals surface area contributed by atoms with Crippen molar-refractivity contribution in [2.45, 2.75) is 6.61 Å². The zero-order chi connectivity index (χ0) is 16.1. The fourth-order valence-corrected chi connectivity index (χ4v) is 2.14. The second-order valence-electron chi connectivity index (χ2n) is 4.82. The van der Waals surface area contributed by atoms with Crippen LogP contribution < -0.4 is 9.47 Å². The fourth-order valence-electron chi connectivity index (χ4n) is 2.14.